The SMILES string of the molecule is COc1cccc(Cc2nc(C(OC)OC)cs2)c1. The molecule has 1 heterocycles. The number of aromatic nitrogens is 1. The maximum atomic E-state index is 5.21. The monoisotopic (exact) mass is 279 g/mol. The molecule has 0 amide bonds. The third-order valence-corrected chi connectivity index (χ3v) is 3.60. The smallest absolute Gasteiger partial charge is 0.201 e. The first-order valence-corrected chi connectivity index (χ1v) is 6.77. The summed E-state index contributed by atoms with van der Waals surface area (Å²) in [6, 6.07) is 8.00. The van der Waals surface area contributed by atoms with Gasteiger partial charge in [0.1, 0.15) is 11.4 Å². The van der Waals surface area contributed by atoms with Crippen molar-refractivity contribution in [2.45, 2.75) is 12.7 Å². The second kappa shape index (κ2) is 6.65. The molecular weight excluding hydrogens is 262 g/mol. The van der Waals surface area contributed by atoms with Crippen LogP contribution in [0, 0.1) is 0 Å². The highest BCUT2D eigenvalue weighted by atomic mass is 32.1. The van der Waals surface area contributed by atoms with Crippen molar-refractivity contribution in [2.75, 3.05) is 21.3 Å². The summed E-state index contributed by atoms with van der Waals surface area (Å²) >= 11 is 1.60. The molecule has 0 bridgehead atoms. The zero-order valence-corrected chi connectivity index (χ0v) is 12.1. The highest BCUT2D eigenvalue weighted by molar-refractivity contribution is 7.09. The van der Waals surface area contributed by atoms with Crippen LogP contribution in [0.3, 0.4) is 0 Å². The van der Waals surface area contributed by atoms with Crippen molar-refractivity contribution in [3.05, 3.63) is 45.9 Å². The summed E-state index contributed by atoms with van der Waals surface area (Å²) in [5.41, 5.74) is 1.99. The van der Waals surface area contributed by atoms with Crippen molar-refractivity contribution in [1.82, 2.24) is 4.98 Å². The Kier molecular flexibility index (Phi) is 4.90. The van der Waals surface area contributed by atoms with Gasteiger partial charge in [0.05, 0.1) is 12.1 Å². The first-order valence-electron chi connectivity index (χ1n) is 5.89. The third kappa shape index (κ3) is 3.53. The van der Waals surface area contributed by atoms with Gasteiger partial charge in [0, 0.05) is 26.0 Å². The van der Waals surface area contributed by atoms with Gasteiger partial charge in [0.25, 0.3) is 0 Å². The molecule has 1 aromatic heterocycles. The number of benzene rings is 1. The minimum absolute atomic E-state index is 0.393. The van der Waals surface area contributed by atoms with E-state index in [1.165, 1.54) is 5.56 Å². The minimum atomic E-state index is -0.393. The van der Waals surface area contributed by atoms with Crippen LogP contribution >= 0.6 is 11.3 Å². The van der Waals surface area contributed by atoms with Gasteiger partial charge in [-0.15, -0.1) is 11.3 Å². The molecule has 0 aliphatic rings. The van der Waals surface area contributed by atoms with Crippen LogP contribution in [0.4, 0.5) is 0 Å². The zero-order valence-electron chi connectivity index (χ0n) is 11.3. The lowest BCUT2D eigenvalue weighted by Gasteiger charge is -2.09. The molecule has 5 heteroatoms. The molecule has 2 aromatic rings. The van der Waals surface area contributed by atoms with Crippen molar-refractivity contribution in [1.29, 1.82) is 0 Å². The van der Waals surface area contributed by atoms with Crippen molar-refractivity contribution in [2.24, 2.45) is 0 Å². The Morgan fingerprint density at radius 1 is 1.21 bits per heavy atom. The topological polar surface area (TPSA) is 40.6 Å². The molecular formula is C14H17NO3S. The lowest BCUT2D eigenvalue weighted by atomic mass is 10.1. The van der Waals surface area contributed by atoms with Crippen LogP contribution in [0.25, 0.3) is 0 Å². The molecule has 0 N–H and O–H groups in total. The molecule has 0 aliphatic heterocycles. The van der Waals surface area contributed by atoms with E-state index in [0.717, 1.165) is 22.9 Å². The van der Waals surface area contributed by atoms with Crippen LogP contribution < -0.4 is 4.74 Å². The number of rotatable bonds is 6. The van der Waals surface area contributed by atoms with Gasteiger partial charge in [-0.3, -0.25) is 0 Å². The normalized spacial score (nSPS) is 10.9. The van der Waals surface area contributed by atoms with Crippen LogP contribution in [0.5, 0.6) is 5.75 Å². The largest absolute Gasteiger partial charge is 0.497 e. The fraction of sp³-hybridized carbons (Fsp3) is 0.357. The van der Waals surface area contributed by atoms with Crippen LogP contribution in [-0.4, -0.2) is 26.3 Å². The molecule has 1 aromatic carbocycles. The first-order chi connectivity index (χ1) is 9.26. The molecule has 0 radical (unpaired) electrons. The second-order valence-electron chi connectivity index (χ2n) is 4.00. The number of hydrogen-bond donors (Lipinski definition) is 0. The van der Waals surface area contributed by atoms with Crippen molar-refractivity contribution in [3.8, 4) is 5.75 Å². The Morgan fingerprint density at radius 2 is 2.00 bits per heavy atom. The molecule has 0 saturated carbocycles. The third-order valence-electron chi connectivity index (χ3n) is 2.73. The maximum Gasteiger partial charge on any atom is 0.201 e. The van der Waals surface area contributed by atoms with E-state index in [2.05, 4.69) is 11.1 Å². The highest BCUT2D eigenvalue weighted by Crippen LogP contribution is 2.23. The second-order valence-corrected chi connectivity index (χ2v) is 4.94. The van der Waals surface area contributed by atoms with E-state index in [4.69, 9.17) is 14.2 Å². The van der Waals surface area contributed by atoms with Gasteiger partial charge in [-0.2, -0.15) is 0 Å². The molecule has 102 valence electrons. The lowest BCUT2D eigenvalue weighted by molar-refractivity contribution is -0.108. The zero-order chi connectivity index (χ0) is 13.7. The standard InChI is InChI=1S/C14H17NO3S/c1-16-11-6-4-5-10(7-11)8-13-15-12(9-19-13)14(17-2)18-3/h4-7,9,14H,8H2,1-3H3. The maximum absolute atomic E-state index is 5.21. The number of nitrogens with zero attached hydrogens (tertiary/aromatic N) is 1. The van der Waals surface area contributed by atoms with Gasteiger partial charge < -0.3 is 14.2 Å². The Bertz CT molecular complexity index is 523. The Morgan fingerprint density at radius 3 is 2.68 bits per heavy atom. The molecule has 2 rings (SSSR count). The molecule has 0 fully saturated rings. The average molecular weight is 279 g/mol. The van der Waals surface area contributed by atoms with Crippen LogP contribution in [-0.2, 0) is 15.9 Å². The number of thiazole rings is 1. The summed E-state index contributed by atoms with van der Waals surface area (Å²) in [5, 5.41) is 3.00. The minimum Gasteiger partial charge on any atom is -0.497 e. The summed E-state index contributed by atoms with van der Waals surface area (Å²) in [6.07, 6.45) is 0.387. The summed E-state index contributed by atoms with van der Waals surface area (Å²) < 4.78 is 15.6. The lowest BCUT2D eigenvalue weighted by Crippen LogP contribution is -2.04. The van der Waals surface area contributed by atoms with Gasteiger partial charge in [0.2, 0.25) is 6.29 Å². The summed E-state index contributed by atoms with van der Waals surface area (Å²) in [4.78, 5) is 4.53. The van der Waals surface area contributed by atoms with E-state index < -0.39 is 6.29 Å². The quantitative estimate of drug-likeness (QED) is 0.762. The Balaban J connectivity index is 2.10. The molecule has 19 heavy (non-hydrogen) atoms. The molecule has 0 atom stereocenters. The predicted octanol–water partition coefficient (Wildman–Crippen LogP) is 3.03. The first kappa shape index (κ1) is 14.0. The van der Waals surface area contributed by atoms with E-state index in [1.54, 1.807) is 32.7 Å². The van der Waals surface area contributed by atoms with Crippen LogP contribution in [0.1, 0.15) is 22.6 Å². The predicted molar refractivity (Wildman–Crippen MR) is 74.7 cm³/mol. The summed E-state index contributed by atoms with van der Waals surface area (Å²) in [5.74, 6) is 0.862. The molecule has 4 nitrogen and oxygen atoms in total. The Labute approximate surface area is 117 Å². The number of hydrogen-bond acceptors (Lipinski definition) is 5. The van der Waals surface area contributed by atoms with Gasteiger partial charge in [-0.05, 0) is 17.7 Å². The number of methoxy groups -OCH3 is 3. The molecule has 0 spiro atoms. The molecule has 0 aliphatic carbocycles. The van der Waals surface area contributed by atoms with Crippen LogP contribution in [0.2, 0.25) is 0 Å². The van der Waals surface area contributed by atoms with Gasteiger partial charge >= 0.3 is 0 Å². The van der Waals surface area contributed by atoms with Gasteiger partial charge in [0.15, 0.2) is 0 Å². The van der Waals surface area contributed by atoms with E-state index in [1.807, 2.05) is 23.6 Å². The fourth-order valence-corrected chi connectivity index (χ4v) is 2.64. The number of ether oxygens (including phenoxy) is 3. The fourth-order valence-electron chi connectivity index (χ4n) is 1.81. The van der Waals surface area contributed by atoms with Crippen LogP contribution in [0.15, 0.2) is 29.6 Å². The summed E-state index contributed by atoms with van der Waals surface area (Å²) in [7, 11) is 4.88. The highest BCUT2D eigenvalue weighted by Gasteiger charge is 2.13. The Hall–Kier alpha value is -1.43. The van der Waals surface area contributed by atoms with Crippen molar-refractivity contribution in [3.63, 3.8) is 0 Å². The van der Waals surface area contributed by atoms with Crippen molar-refractivity contribution < 1.29 is 14.2 Å². The van der Waals surface area contributed by atoms with E-state index in [0.29, 0.717) is 0 Å². The average Bonchev–Trinajstić information content (AvgIpc) is 2.89. The summed E-state index contributed by atoms with van der Waals surface area (Å²) in [6.45, 7) is 0. The van der Waals surface area contributed by atoms with E-state index >= 15 is 0 Å². The van der Waals surface area contributed by atoms with E-state index in [-0.39, 0.29) is 0 Å². The van der Waals surface area contributed by atoms with E-state index in [9.17, 15) is 0 Å². The van der Waals surface area contributed by atoms with Gasteiger partial charge in [-0.25, -0.2) is 4.98 Å². The molecule has 0 unspecified atom stereocenters. The van der Waals surface area contributed by atoms with Gasteiger partial charge in [-0.1, -0.05) is 12.1 Å². The molecule has 0 saturated heterocycles. The van der Waals surface area contributed by atoms with Crippen molar-refractivity contribution >= 4 is 11.3 Å².